The van der Waals surface area contributed by atoms with E-state index in [0.29, 0.717) is 18.4 Å². The molecule has 1 atom stereocenters. The molecule has 0 bridgehead atoms. The van der Waals surface area contributed by atoms with Crippen molar-refractivity contribution in [1.82, 2.24) is 0 Å². The molecule has 0 radical (unpaired) electrons. The summed E-state index contributed by atoms with van der Waals surface area (Å²) in [4.78, 5) is 0. The van der Waals surface area contributed by atoms with Gasteiger partial charge in [0.2, 0.25) is 0 Å². The highest BCUT2D eigenvalue weighted by Gasteiger charge is 2.10. The third-order valence-corrected chi connectivity index (χ3v) is 2.10. The van der Waals surface area contributed by atoms with Crippen molar-refractivity contribution in [1.29, 1.82) is 0 Å². The summed E-state index contributed by atoms with van der Waals surface area (Å²) in [5.74, 6) is 1.03. The van der Waals surface area contributed by atoms with Gasteiger partial charge in [-0.05, 0) is 24.7 Å². The van der Waals surface area contributed by atoms with E-state index in [-0.39, 0.29) is 0 Å². The minimum atomic E-state index is 0.307. The molecule has 11 heavy (non-hydrogen) atoms. The standard InChI is InChI=1S/C9H20O2/c1-8(2)9(7-10)5-4-6-11-3/h8-10H,4-7H2,1-3H3. The van der Waals surface area contributed by atoms with Crippen molar-refractivity contribution in [3.8, 4) is 0 Å². The molecule has 0 heterocycles. The fraction of sp³-hybridized carbons (Fsp3) is 1.00. The normalized spacial score (nSPS) is 13.9. The van der Waals surface area contributed by atoms with Gasteiger partial charge < -0.3 is 9.84 Å². The first-order valence-corrected chi connectivity index (χ1v) is 4.32. The minimum absolute atomic E-state index is 0.307. The zero-order valence-electron chi connectivity index (χ0n) is 7.84. The molecule has 2 nitrogen and oxygen atoms in total. The fourth-order valence-electron chi connectivity index (χ4n) is 1.13. The van der Waals surface area contributed by atoms with Crippen LogP contribution in [0.25, 0.3) is 0 Å². The molecule has 0 aromatic carbocycles. The number of methoxy groups -OCH3 is 1. The fourth-order valence-corrected chi connectivity index (χ4v) is 1.13. The van der Waals surface area contributed by atoms with Crippen LogP contribution in [-0.4, -0.2) is 25.4 Å². The largest absolute Gasteiger partial charge is 0.396 e. The highest BCUT2D eigenvalue weighted by molar-refractivity contribution is 4.61. The molecule has 0 aliphatic heterocycles. The second-order valence-corrected chi connectivity index (χ2v) is 3.32. The Morgan fingerprint density at radius 3 is 2.36 bits per heavy atom. The molecule has 2 heteroatoms. The summed E-state index contributed by atoms with van der Waals surface area (Å²) >= 11 is 0. The van der Waals surface area contributed by atoms with Gasteiger partial charge in [-0.2, -0.15) is 0 Å². The second-order valence-electron chi connectivity index (χ2n) is 3.32. The van der Waals surface area contributed by atoms with Crippen molar-refractivity contribution in [3.05, 3.63) is 0 Å². The van der Waals surface area contributed by atoms with Gasteiger partial charge >= 0.3 is 0 Å². The Balaban J connectivity index is 3.36. The van der Waals surface area contributed by atoms with Crippen molar-refractivity contribution in [3.63, 3.8) is 0 Å². The third kappa shape index (κ3) is 5.22. The molecule has 1 unspecified atom stereocenters. The molecule has 0 saturated carbocycles. The smallest absolute Gasteiger partial charge is 0.0462 e. The van der Waals surface area contributed by atoms with E-state index in [1.54, 1.807) is 7.11 Å². The molecule has 0 aromatic heterocycles. The van der Waals surface area contributed by atoms with Crippen LogP contribution in [0, 0.1) is 11.8 Å². The van der Waals surface area contributed by atoms with Crippen LogP contribution in [0.5, 0.6) is 0 Å². The van der Waals surface area contributed by atoms with Gasteiger partial charge in [0.25, 0.3) is 0 Å². The van der Waals surface area contributed by atoms with Gasteiger partial charge in [0.15, 0.2) is 0 Å². The van der Waals surface area contributed by atoms with Crippen LogP contribution in [0.1, 0.15) is 26.7 Å². The van der Waals surface area contributed by atoms with Crippen LogP contribution in [0.15, 0.2) is 0 Å². The Labute approximate surface area is 69.6 Å². The second kappa shape index (κ2) is 6.62. The SMILES string of the molecule is COCCCC(CO)C(C)C. The molecule has 0 aliphatic carbocycles. The van der Waals surface area contributed by atoms with Crippen LogP contribution < -0.4 is 0 Å². The Bertz CT molecular complexity index is 81.6. The van der Waals surface area contributed by atoms with Crippen LogP contribution in [-0.2, 0) is 4.74 Å². The van der Waals surface area contributed by atoms with Gasteiger partial charge in [-0.15, -0.1) is 0 Å². The maximum atomic E-state index is 8.95. The predicted molar refractivity (Wildman–Crippen MR) is 46.5 cm³/mol. The summed E-state index contributed by atoms with van der Waals surface area (Å²) in [5, 5.41) is 8.95. The lowest BCUT2D eigenvalue weighted by Crippen LogP contribution is -2.13. The Kier molecular flexibility index (Phi) is 6.57. The lowest BCUT2D eigenvalue weighted by Gasteiger charge is -2.17. The first-order valence-electron chi connectivity index (χ1n) is 4.32. The molecule has 0 amide bonds. The first kappa shape index (κ1) is 10.9. The van der Waals surface area contributed by atoms with E-state index in [1.165, 1.54) is 0 Å². The highest BCUT2D eigenvalue weighted by Crippen LogP contribution is 2.15. The molecule has 1 N–H and O–H groups in total. The highest BCUT2D eigenvalue weighted by atomic mass is 16.5. The summed E-state index contributed by atoms with van der Waals surface area (Å²) in [6, 6.07) is 0. The van der Waals surface area contributed by atoms with Crippen molar-refractivity contribution < 1.29 is 9.84 Å². The molecule has 0 rings (SSSR count). The van der Waals surface area contributed by atoms with Gasteiger partial charge in [0, 0.05) is 20.3 Å². The zero-order valence-corrected chi connectivity index (χ0v) is 7.84. The quantitative estimate of drug-likeness (QED) is 0.599. The van der Waals surface area contributed by atoms with Gasteiger partial charge in [0.05, 0.1) is 0 Å². The number of aliphatic hydroxyl groups excluding tert-OH is 1. The van der Waals surface area contributed by atoms with Gasteiger partial charge in [-0.1, -0.05) is 13.8 Å². The van der Waals surface area contributed by atoms with Crippen LogP contribution in [0.4, 0.5) is 0 Å². The van der Waals surface area contributed by atoms with Crippen LogP contribution in [0.3, 0.4) is 0 Å². The molecule has 0 aliphatic rings. The van der Waals surface area contributed by atoms with Gasteiger partial charge in [0.1, 0.15) is 0 Å². The van der Waals surface area contributed by atoms with Crippen molar-refractivity contribution in [2.75, 3.05) is 20.3 Å². The first-order chi connectivity index (χ1) is 5.22. The van der Waals surface area contributed by atoms with Crippen LogP contribution in [0.2, 0.25) is 0 Å². The average molecular weight is 160 g/mol. The summed E-state index contributed by atoms with van der Waals surface area (Å²) in [7, 11) is 1.71. The maximum absolute atomic E-state index is 8.95. The zero-order chi connectivity index (χ0) is 8.69. The molecule has 0 aromatic rings. The molecule has 0 saturated heterocycles. The van der Waals surface area contributed by atoms with E-state index in [0.717, 1.165) is 19.4 Å². The van der Waals surface area contributed by atoms with Gasteiger partial charge in [-0.3, -0.25) is 0 Å². The number of hydrogen-bond donors (Lipinski definition) is 1. The van der Waals surface area contributed by atoms with E-state index in [4.69, 9.17) is 9.84 Å². The van der Waals surface area contributed by atoms with Crippen molar-refractivity contribution >= 4 is 0 Å². The summed E-state index contributed by atoms with van der Waals surface area (Å²) in [5.41, 5.74) is 0. The maximum Gasteiger partial charge on any atom is 0.0462 e. The summed E-state index contributed by atoms with van der Waals surface area (Å²) in [6.07, 6.45) is 2.13. The Morgan fingerprint density at radius 1 is 1.36 bits per heavy atom. The van der Waals surface area contributed by atoms with E-state index in [9.17, 15) is 0 Å². The van der Waals surface area contributed by atoms with E-state index in [2.05, 4.69) is 13.8 Å². The topological polar surface area (TPSA) is 29.5 Å². The molecule has 68 valence electrons. The molecule has 0 fully saturated rings. The lowest BCUT2D eigenvalue weighted by atomic mass is 9.92. The monoisotopic (exact) mass is 160 g/mol. The Morgan fingerprint density at radius 2 is 2.00 bits per heavy atom. The molecular weight excluding hydrogens is 140 g/mol. The third-order valence-electron chi connectivity index (χ3n) is 2.10. The molecule has 0 spiro atoms. The van der Waals surface area contributed by atoms with Crippen molar-refractivity contribution in [2.45, 2.75) is 26.7 Å². The number of rotatable bonds is 6. The lowest BCUT2D eigenvalue weighted by molar-refractivity contribution is 0.150. The van der Waals surface area contributed by atoms with E-state index >= 15 is 0 Å². The van der Waals surface area contributed by atoms with E-state index in [1.807, 2.05) is 0 Å². The number of aliphatic hydroxyl groups is 1. The minimum Gasteiger partial charge on any atom is -0.396 e. The summed E-state index contributed by atoms with van der Waals surface area (Å²) in [6.45, 7) is 5.41. The van der Waals surface area contributed by atoms with Gasteiger partial charge in [-0.25, -0.2) is 0 Å². The predicted octanol–water partition coefficient (Wildman–Crippen LogP) is 1.68. The summed E-state index contributed by atoms with van der Waals surface area (Å²) < 4.78 is 4.93. The van der Waals surface area contributed by atoms with E-state index < -0.39 is 0 Å². The van der Waals surface area contributed by atoms with Crippen LogP contribution >= 0.6 is 0 Å². The molecular formula is C9H20O2. The number of ether oxygens (including phenoxy) is 1. The average Bonchev–Trinajstić information content (AvgIpc) is 1.97. The number of hydrogen-bond acceptors (Lipinski definition) is 2. The Hall–Kier alpha value is -0.0800. The van der Waals surface area contributed by atoms with Crippen molar-refractivity contribution in [2.24, 2.45) is 11.8 Å².